The lowest BCUT2D eigenvalue weighted by Gasteiger charge is -2.27. The van der Waals surface area contributed by atoms with Crippen molar-refractivity contribution in [1.82, 2.24) is 30.4 Å². The predicted molar refractivity (Wildman–Crippen MR) is 139 cm³/mol. The number of hydrogen-bond donors (Lipinski definition) is 2. The molecule has 0 aliphatic carbocycles. The van der Waals surface area contributed by atoms with E-state index in [1.54, 1.807) is 34.6 Å². The minimum absolute atomic E-state index is 0.0283. The number of amides is 2. The fourth-order valence-corrected chi connectivity index (χ4v) is 3.49. The van der Waals surface area contributed by atoms with E-state index in [4.69, 9.17) is 18.6 Å². The normalized spacial score (nSPS) is 11.5. The first-order valence-corrected chi connectivity index (χ1v) is 12.3. The second-order valence-corrected chi connectivity index (χ2v) is 10.4. The molecule has 220 valence electrons. The van der Waals surface area contributed by atoms with E-state index in [-0.39, 0.29) is 24.2 Å². The van der Waals surface area contributed by atoms with Gasteiger partial charge in [0.05, 0.1) is 5.54 Å². The number of carbonyl (C=O) groups excluding carboxylic acids is 3. The van der Waals surface area contributed by atoms with Crippen LogP contribution in [0.2, 0.25) is 0 Å². The van der Waals surface area contributed by atoms with Gasteiger partial charge in [-0.05, 0) is 52.3 Å². The average Bonchev–Trinajstić information content (AvgIpc) is 3.31. The molecular formula is C26H31FN6O8. The summed E-state index contributed by atoms with van der Waals surface area (Å²) in [5.74, 6) is -2.69. The molecule has 0 spiro atoms. The smallest absolute Gasteiger partial charge is 0.449 e. The molecule has 0 aliphatic heterocycles. The van der Waals surface area contributed by atoms with Crippen LogP contribution in [0.15, 0.2) is 33.5 Å². The van der Waals surface area contributed by atoms with E-state index in [1.807, 2.05) is 0 Å². The molecule has 41 heavy (non-hydrogen) atoms. The zero-order valence-corrected chi connectivity index (χ0v) is 23.7. The zero-order valence-electron chi connectivity index (χ0n) is 23.7. The molecule has 0 radical (unpaired) electrons. The minimum Gasteiger partial charge on any atom is -0.449 e. The highest BCUT2D eigenvalue weighted by Crippen LogP contribution is 2.22. The van der Waals surface area contributed by atoms with Gasteiger partial charge in [-0.25, -0.2) is 14.2 Å². The van der Waals surface area contributed by atoms with Gasteiger partial charge in [0, 0.05) is 20.5 Å². The maximum Gasteiger partial charge on any atom is 0.511 e. The van der Waals surface area contributed by atoms with Gasteiger partial charge in [-0.1, -0.05) is 12.1 Å². The van der Waals surface area contributed by atoms with E-state index in [2.05, 4.69) is 25.8 Å². The van der Waals surface area contributed by atoms with Crippen molar-refractivity contribution in [3.8, 4) is 5.75 Å². The first-order chi connectivity index (χ1) is 19.1. The van der Waals surface area contributed by atoms with Crippen LogP contribution in [0.25, 0.3) is 0 Å². The molecule has 3 rings (SSSR count). The third kappa shape index (κ3) is 8.09. The lowest BCUT2D eigenvalue weighted by atomic mass is 10.0. The SMILES string of the molecule is Cc1nnc(C(=O)NC(C)(C)c2nc(C(=O)NCc3ccc(F)cc3)c(OCOC(=O)OC(C)(C)C)c(=O)n2C)o1. The summed E-state index contributed by atoms with van der Waals surface area (Å²) < 4.78 is 34.8. The Morgan fingerprint density at radius 3 is 2.29 bits per heavy atom. The predicted octanol–water partition coefficient (Wildman–Crippen LogP) is 2.49. The Morgan fingerprint density at radius 1 is 1.05 bits per heavy atom. The number of rotatable bonds is 9. The molecule has 1 aromatic carbocycles. The molecule has 2 N–H and O–H groups in total. The highest BCUT2D eigenvalue weighted by Gasteiger charge is 2.33. The Kier molecular flexibility index (Phi) is 9.10. The van der Waals surface area contributed by atoms with Crippen molar-refractivity contribution in [3.63, 3.8) is 0 Å². The van der Waals surface area contributed by atoms with Crippen LogP contribution in [0.3, 0.4) is 0 Å². The van der Waals surface area contributed by atoms with Crippen LogP contribution >= 0.6 is 0 Å². The van der Waals surface area contributed by atoms with Gasteiger partial charge in [-0.2, -0.15) is 0 Å². The van der Waals surface area contributed by atoms with Crippen molar-refractivity contribution < 1.29 is 37.4 Å². The number of carbonyl (C=O) groups is 3. The van der Waals surface area contributed by atoms with Gasteiger partial charge >= 0.3 is 18.0 Å². The second kappa shape index (κ2) is 12.1. The Balaban J connectivity index is 1.93. The third-order valence-corrected chi connectivity index (χ3v) is 5.31. The largest absolute Gasteiger partial charge is 0.511 e. The molecule has 0 atom stereocenters. The molecule has 0 aliphatic rings. The summed E-state index contributed by atoms with van der Waals surface area (Å²) in [6.07, 6.45) is -1.05. The van der Waals surface area contributed by atoms with Crippen LogP contribution in [0.4, 0.5) is 9.18 Å². The maximum atomic E-state index is 13.4. The molecule has 15 heteroatoms. The van der Waals surface area contributed by atoms with Gasteiger partial charge in [0.1, 0.15) is 17.2 Å². The molecule has 0 bridgehead atoms. The number of halogens is 1. The van der Waals surface area contributed by atoms with E-state index in [1.165, 1.54) is 38.2 Å². The molecule has 2 aromatic heterocycles. The standard InChI is InChI=1S/C26H31FN6O8/c1-14-31-32-21(40-14)20(35)30-26(5,6)23-29-17(19(34)28-12-15-8-10-16(27)11-9-15)18(22(36)33(23)7)38-13-39-24(37)41-25(2,3)4/h8-11H,12-13H2,1-7H3,(H,28,34)(H,30,35). The number of nitrogens with zero attached hydrogens (tertiary/aromatic N) is 4. The van der Waals surface area contributed by atoms with Crippen molar-refractivity contribution in [1.29, 1.82) is 0 Å². The summed E-state index contributed by atoms with van der Waals surface area (Å²) in [6.45, 7) is 8.72. The fourth-order valence-electron chi connectivity index (χ4n) is 3.49. The summed E-state index contributed by atoms with van der Waals surface area (Å²) in [4.78, 5) is 55.6. The summed E-state index contributed by atoms with van der Waals surface area (Å²) >= 11 is 0. The fraction of sp³-hybridized carbons (Fsp3) is 0.423. The van der Waals surface area contributed by atoms with Crippen LogP contribution in [0.5, 0.6) is 5.75 Å². The van der Waals surface area contributed by atoms with Gasteiger partial charge in [-0.15, -0.1) is 10.2 Å². The number of ether oxygens (including phenoxy) is 3. The van der Waals surface area contributed by atoms with Gasteiger partial charge in [0.25, 0.3) is 11.5 Å². The van der Waals surface area contributed by atoms with E-state index in [0.717, 1.165) is 4.57 Å². The Hall–Kier alpha value is -4.82. The average molecular weight is 575 g/mol. The lowest BCUT2D eigenvalue weighted by molar-refractivity contribution is -0.0366. The quantitative estimate of drug-likeness (QED) is 0.283. The Labute approximate surface area is 234 Å². The Bertz CT molecular complexity index is 1490. The molecule has 14 nitrogen and oxygen atoms in total. The summed E-state index contributed by atoms with van der Waals surface area (Å²) in [5.41, 5.74) is -2.87. The molecule has 3 aromatic rings. The highest BCUT2D eigenvalue weighted by molar-refractivity contribution is 5.95. The zero-order chi connectivity index (χ0) is 30.5. The number of nitrogens with one attached hydrogen (secondary N) is 2. The molecule has 2 heterocycles. The topological polar surface area (TPSA) is 177 Å². The molecule has 2 amide bonds. The summed E-state index contributed by atoms with van der Waals surface area (Å²) in [7, 11) is 1.36. The van der Waals surface area contributed by atoms with Crippen LogP contribution in [-0.2, 0) is 28.6 Å². The van der Waals surface area contributed by atoms with Gasteiger partial charge < -0.3 is 29.3 Å². The van der Waals surface area contributed by atoms with Crippen LogP contribution in [0.1, 0.15) is 73.1 Å². The van der Waals surface area contributed by atoms with Crippen LogP contribution in [-0.4, -0.2) is 50.1 Å². The first kappa shape index (κ1) is 30.7. The molecule has 0 saturated carbocycles. The van der Waals surface area contributed by atoms with Crippen LogP contribution in [0, 0.1) is 12.7 Å². The minimum atomic E-state index is -1.34. The summed E-state index contributed by atoms with van der Waals surface area (Å²) in [5, 5.41) is 12.5. The van der Waals surface area contributed by atoms with Crippen molar-refractivity contribution in [2.75, 3.05) is 6.79 Å². The molecule has 0 unspecified atom stereocenters. The number of hydrogen-bond acceptors (Lipinski definition) is 11. The van der Waals surface area contributed by atoms with E-state index in [9.17, 15) is 23.6 Å². The number of benzene rings is 1. The lowest BCUT2D eigenvalue weighted by Crippen LogP contribution is -2.46. The van der Waals surface area contributed by atoms with Crippen LogP contribution < -0.4 is 20.9 Å². The van der Waals surface area contributed by atoms with Crippen molar-refractivity contribution >= 4 is 18.0 Å². The van der Waals surface area contributed by atoms with Gasteiger partial charge in [-0.3, -0.25) is 19.0 Å². The van der Waals surface area contributed by atoms with E-state index >= 15 is 0 Å². The molecule has 0 saturated heterocycles. The first-order valence-electron chi connectivity index (χ1n) is 12.3. The monoisotopic (exact) mass is 574 g/mol. The van der Waals surface area contributed by atoms with E-state index < -0.39 is 58.7 Å². The Morgan fingerprint density at radius 2 is 1.71 bits per heavy atom. The van der Waals surface area contributed by atoms with Gasteiger partial charge in [0.15, 0.2) is 5.69 Å². The summed E-state index contributed by atoms with van der Waals surface area (Å²) in [6, 6.07) is 5.41. The third-order valence-electron chi connectivity index (χ3n) is 5.31. The maximum absolute atomic E-state index is 13.4. The molecular weight excluding hydrogens is 543 g/mol. The number of aryl methyl sites for hydroxylation is 1. The van der Waals surface area contributed by atoms with Crippen molar-refractivity contribution in [2.24, 2.45) is 7.05 Å². The van der Waals surface area contributed by atoms with E-state index in [0.29, 0.717) is 5.56 Å². The number of aromatic nitrogens is 4. The van der Waals surface area contributed by atoms with Crippen molar-refractivity contribution in [3.05, 3.63) is 69.3 Å². The highest BCUT2D eigenvalue weighted by atomic mass is 19.1. The van der Waals surface area contributed by atoms with Crippen molar-refractivity contribution in [2.45, 2.75) is 59.2 Å². The second-order valence-electron chi connectivity index (χ2n) is 10.4. The molecule has 0 fully saturated rings. The van der Waals surface area contributed by atoms with Gasteiger partial charge in [0.2, 0.25) is 18.4 Å².